The second kappa shape index (κ2) is 6.85. The summed E-state index contributed by atoms with van der Waals surface area (Å²) in [5.41, 5.74) is 2.38. The van der Waals surface area contributed by atoms with Gasteiger partial charge in [0.15, 0.2) is 0 Å². The highest BCUT2D eigenvalue weighted by molar-refractivity contribution is 5.93. The highest BCUT2D eigenvalue weighted by Crippen LogP contribution is 2.18. The monoisotopic (exact) mass is 286 g/mol. The van der Waals surface area contributed by atoms with E-state index in [0.717, 1.165) is 11.3 Å². The van der Waals surface area contributed by atoms with E-state index in [-0.39, 0.29) is 18.2 Å². The largest absolute Gasteiger partial charge is 0.478 e. The van der Waals surface area contributed by atoms with Gasteiger partial charge in [0.2, 0.25) is 0 Å². The first-order valence-corrected chi connectivity index (χ1v) is 6.71. The topological polar surface area (TPSA) is 82.5 Å². The van der Waals surface area contributed by atoms with Crippen LogP contribution in [0.5, 0.6) is 0 Å². The molecule has 0 fully saturated rings. The van der Waals surface area contributed by atoms with Crippen LogP contribution in [0, 0.1) is 6.92 Å². The average Bonchev–Trinajstić information content (AvgIpc) is 2.47. The number of nitrogens with zero attached hydrogens (tertiary/aromatic N) is 1. The third-order valence-electron chi connectivity index (χ3n) is 3.18. The maximum absolute atomic E-state index is 11.2. The number of rotatable bonds is 6. The van der Waals surface area contributed by atoms with Gasteiger partial charge in [-0.15, -0.1) is 0 Å². The van der Waals surface area contributed by atoms with Crippen LogP contribution in [0.4, 0.5) is 5.69 Å². The molecule has 0 aliphatic heterocycles. The van der Waals surface area contributed by atoms with E-state index in [9.17, 15) is 15.0 Å². The first-order valence-electron chi connectivity index (χ1n) is 6.71. The zero-order chi connectivity index (χ0) is 15.2. The molecule has 110 valence electrons. The van der Waals surface area contributed by atoms with E-state index in [0.29, 0.717) is 12.1 Å². The van der Waals surface area contributed by atoms with Crippen LogP contribution in [0.1, 0.15) is 21.6 Å². The molecule has 5 heteroatoms. The lowest BCUT2D eigenvalue weighted by atomic mass is 10.1. The van der Waals surface area contributed by atoms with Gasteiger partial charge in [-0.05, 0) is 25.0 Å². The normalized spacial score (nSPS) is 11.9. The van der Waals surface area contributed by atoms with Crippen molar-refractivity contribution in [2.45, 2.75) is 19.4 Å². The summed E-state index contributed by atoms with van der Waals surface area (Å²) in [5, 5.41) is 21.8. The molecule has 1 heterocycles. The van der Waals surface area contributed by atoms with Crippen molar-refractivity contribution < 1.29 is 15.0 Å². The molecular weight excluding hydrogens is 268 g/mol. The van der Waals surface area contributed by atoms with Crippen LogP contribution in [-0.4, -0.2) is 33.8 Å². The Morgan fingerprint density at radius 3 is 2.67 bits per heavy atom. The fourth-order valence-electron chi connectivity index (χ4n) is 2.13. The van der Waals surface area contributed by atoms with Crippen LogP contribution in [0.25, 0.3) is 0 Å². The van der Waals surface area contributed by atoms with Crippen LogP contribution >= 0.6 is 0 Å². The summed E-state index contributed by atoms with van der Waals surface area (Å²) in [4.78, 5) is 15.2. The summed E-state index contributed by atoms with van der Waals surface area (Å²) >= 11 is 0. The summed E-state index contributed by atoms with van der Waals surface area (Å²) < 4.78 is 0. The minimum Gasteiger partial charge on any atom is -0.478 e. The van der Waals surface area contributed by atoms with Crippen LogP contribution in [0.2, 0.25) is 0 Å². The molecule has 0 spiro atoms. The molecule has 1 atom stereocenters. The molecule has 1 aromatic carbocycles. The summed E-state index contributed by atoms with van der Waals surface area (Å²) in [6, 6.07) is 11.2. The van der Waals surface area contributed by atoms with Gasteiger partial charge in [0.25, 0.3) is 0 Å². The molecule has 2 rings (SSSR count). The van der Waals surface area contributed by atoms with Gasteiger partial charge in [-0.25, -0.2) is 4.79 Å². The number of hydrogen-bond acceptors (Lipinski definition) is 4. The number of aryl methyl sites for hydroxylation is 1. The third kappa shape index (κ3) is 4.03. The molecule has 1 unspecified atom stereocenters. The first-order chi connectivity index (χ1) is 10.1. The minimum absolute atomic E-state index is 0.0880. The minimum atomic E-state index is -1.04. The van der Waals surface area contributed by atoms with Gasteiger partial charge in [0, 0.05) is 11.9 Å². The predicted molar refractivity (Wildman–Crippen MR) is 80.6 cm³/mol. The summed E-state index contributed by atoms with van der Waals surface area (Å²) in [6.45, 7) is 1.71. The second-order valence-electron chi connectivity index (χ2n) is 4.89. The molecule has 0 radical (unpaired) electrons. The number of nitrogens with one attached hydrogen (secondary N) is 1. The van der Waals surface area contributed by atoms with Gasteiger partial charge in [-0.1, -0.05) is 30.3 Å². The molecule has 21 heavy (non-hydrogen) atoms. The molecule has 1 aromatic heterocycles. The Labute approximate surface area is 123 Å². The lowest BCUT2D eigenvalue weighted by molar-refractivity contribution is 0.0697. The number of aromatic carboxylic acids is 1. The molecule has 2 aromatic rings. The molecule has 0 saturated heterocycles. The van der Waals surface area contributed by atoms with E-state index in [2.05, 4.69) is 10.3 Å². The highest BCUT2D eigenvalue weighted by atomic mass is 16.4. The fourth-order valence-corrected chi connectivity index (χ4v) is 2.13. The van der Waals surface area contributed by atoms with E-state index in [4.69, 9.17) is 0 Å². The van der Waals surface area contributed by atoms with Crippen molar-refractivity contribution in [1.29, 1.82) is 0 Å². The lowest BCUT2D eigenvalue weighted by Gasteiger charge is -2.19. The van der Waals surface area contributed by atoms with E-state index in [1.807, 2.05) is 30.3 Å². The molecule has 3 N–H and O–H groups in total. The van der Waals surface area contributed by atoms with E-state index < -0.39 is 5.97 Å². The van der Waals surface area contributed by atoms with Crippen molar-refractivity contribution in [3.8, 4) is 0 Å². The molecular formula is C16H18N2O3. The van der Waals surface area contributed by atoms with Crippen molar-refractivity contribution in [3.05, 3.63) is 59.4 Å². The Bertz CT molecular complexity index is 614. The van der Waals surface area contributed by atoms with E-state index in [1.54, 1.807) is 13.0 Å². The molecule has 0 bridgehead atoms. The number of anilines is 1. The third-order valence-corrected chi connectivity index (χ3v) is 3.18. The Hall–Kier alpha value is -2.40. The van der Waals surface area contributed by atoms with E-state index in [1.165, 1.54) is 6.20 Å². The first kappa shape index (κ1) is 15.0. The smallest absolute Gasteiger partial charge is 0.339 e. The number of benzene rings is 1. The van der Waals surface area contributed by atoms with Crippen LogP contribution in [-0.2, 0) is 6.42 Å². The summed E-state index contributed by atoms with van der Waals surface area (Å²) in [5.74, 6) is -1.04. The van der Waals surface area contributed by atoms with Gasteiger partial charge in [-0.3, -0.25) is 4.98 Å². The van der Waals surface area contributed by atoms with Crippen LogP contribution in [0.3, 0.4) is 0 Å². The molecule has 0 aliphatic carbocycles. The Morgan fingerprint density at radius 2 is 2.05 bits per heavy atom. The van der Waals surface area contributed by atoms with Crippen LogP contribution < -0.4 is 5.32 Å². The van der Waals surface area contributed by atoms with Crippen molar-refractivity contribution in [3.63, 3.8) is 0 Å². The SMILES string of the molecule is Cc1cc(NC(CO)Cc2ccccc2)c(C(=O)O)cn1. The molecule has 5 nitrogen and oxygen atoms in total. The standard InChI is InChI=1S/C16H18N2O3/c1-11-7-15(14(9-17-11)16(20)21)18-13(10-19)8-12-5-3-2-4-6-12/h2-7,9,13,19H,8,10H2,1H3,(H,17,18)(H,20,21). The number of pyridine rings is 1. The molecule has 0 amide bonds. The number of aliphatic hydroxyl groups excluding tert-OH is 1. The highest BCUT2D eigenvalue weighted by Gasteiger charge is 2.15. The van der Waals surface area contributed by atoms with Crippen LogP contribution in [0.15, 0.2) is 42.6 Å². The Kier molecular flexibility index (Phi) is 4.90. The summed E-state index contributed by atoms with van der Waals surface area (Å²) in [6.07, 6.45) is 1.94. The van der Waals surface area contributed by atoms with Gasteiger partial charge >= 0.3 is 5.97 Å². The lowest BCUT2D eigenvalue weighted by Crippen LogP contribution is -2.27. The van der Waals surface area contributed by atoms with Crippen molar-refractivity contribution in [1.82, 2.24) is 4.98 Å². The second-order valence-corrected chi connectivity index (χ2v) is 4.89. The number of aliphatic hydroxyl groups is 1. The number of aromatic nitrogens is 1. The van der Waals surface area contributed by atoms with E-state index >= 15 is 0 Å². The number of carboxylic acids is 1. The molecule has 0 aliphatic rings. The fraction of sp³-hybridized carbons (Fsp3) is 0.250. The molecule has 0 saturated carbocycles. The zero-order valence-electron chi connectivity index (χ0n) is 11.8. The number of carbonyl (C=O) groups is 1. The quantitative estimate of drug-likeness (QED) is 0.757. The van der Waals surface area contributed by atoms with Gasteiger partial charge in [-0.2, -0.15) is 0 Å². The van der Waals surface area contributed by atoms with Gasteiger partial charge in [0.05, 0.1) is 18.3 Å². The van der Waals surface area contributed by atoms with Gasteiger partial charge in [0.1, 0.15) is 5.56 Å². The average molecular weight is 286 g/mol. The Morgan fingerprint density at radius 1 is 1.33 bits per heavy atom. The van der Waals surface area contributed by atoms with Crippen molar-refractivity contribution >= 4 is 11.7 Å². The van der Waals surface area contributed by atoms with Crippen molar-refractivity contribution in [2.75, 3.05) is 11.9 Å². The zero-order valence-corrected chi connectivity index (χ0v) is 11.8. The predicted octanol–water partition coefficient (Wildman–Crippen LogP) is 2.10. The number of carboxylic acid groups (broad SMARTS) is 1. The van der Waals surface area contributed by atoms with Gasteiger partial charge < -0.3 is 15.5 Å². The maximum atomic E-state index is 11.2. The summed E-state index contributed by atoms with van der Waals surface area (Å²) in [7, 11) is 0. The maximum Gasteiger partial charge on any atom is 0.339 e. The Balaban J connectivity index is 2.18. The van der Waals surface area contributed by atoms with Crippen molar-refractivity contribution in [2.24, 2.45) is 0 Å². The number of hydrogen-bond donors (Lipinski definition) is 3.